The number of carbonyl (C=O) groups excluding carboxylic acids is 1. The highest BCUT2D eigenvalue weighted by molar-refractivity contribution is 5.95. The second-order valence-electron chi connectivity index (χ2n) is 6.33. The Morgan fingerprint density at radius 2 is 2.00 bits per heavy atom. The van der Waals surface area contributed by atoms with Gasteiger partial charge in [-0.2, -0.15) is 0 Å². The van der Waals surface area contributed by atoms with Gasteiger partial charge >= 0.3 is 0 Å². The summed E-state index contributed by atoms with van der Waals surface area (Å²) >= 11 is 0. The summed E-state index contributed by atoms with van der Waals surface area (Å²) in [5.41, 5.74) is 8.55. The fraction of sp³-hybridized carbons (Fsp3) is 0.562. The molecule has 0 aromatic heterocycles. The van der Waals surface area contributed by atoms with Crippen molar-refractivity contribution in [1.82, 2.24) is 5.32 Å². The molecule has 1 rings (SSSR count). The van der Waals surface area contributed by atoms with Crippen molar-refractivity contribution in [3.05, 3.63) is 34.9 Å². The van der Waals surface area contributed by atoms with Crippen LogP contribution in [0, 0.1) is 12.8 Å². The third kappa shape index (κ3) is 4.35. The van der Waals surface area contributed by atoms with Gasteiger partial charge in [0, 0.05) is 12.1 Å². The highest BCUT2D eigenvalue weighted by Crippen LogP contribution is 2.24. The molecule has 0 heterocycles. The molecule has 0 saturated heterocycles. The van der Waals surface area contributed by atoms with E-state index in [1.54, 1.807) is 0 Å². The summed E-state index contributed by atoms with van der Waals surface area (Å²) in [6.07, 6.45) is 0. The van der Waals surface area contributed by atoms with E-state index in [2.05, 4.69) is 32.2 Å². The van der Waals surface area contributed by atoms with Crippen LogP contribution in [-0.2, 0) is 5.41 Å². The average Bonchev–Trinajstić information content (AvgIpc) is 2.34. The Balaban J connectivity index is 2.90. The Labute approximate surface area is 116 Å². The molecule has 0 aliphatic carbocycles. The number of benzene rings is 1. The van der Waals surface area contributed by atoms with E-state index in [4.69, 9.17) is 5.73 Å². The van der Waals surface area contributed by atoms with Crippen LogP contribution in [0.25, 0.3) is 0 Å². The molecule has 0 spiro atoms. The van der Waals surface area contributed by atoms with Crippen LogP contribution in [0.15, 0.2) is 18.2 Å². The third-order valence-corrected chi connectivity index (χ3v) is 3.36. The minimum atomic E-state index is -0.0103. The Kier molecular flexibility index (Phi) is 5.12. The van der Waals surface area contributed by atoms with Gasteiger partial charge in [0.2, 0.25) is 0 Å². The first kappa shape index (κ1) is 15.7. The molecule has 1 aromatic rings. The van der Waals surface area contributed by atoms with Gasteiger partial charge in [0.15, 0.2) is 0 Å². The van der Waals surface area contributed by atoms with E-state index in [1.165, 1.54) is 5.56 Å². The normalized spacial score (nSPS) is 13.2. The van der Waals surface area contributed by atoms with Crippen molar-refractivity contribution in [1.29, 1.82) is 0 Å². The maximum atomic E-state index is 12.2. The van der Waals surface area contributed by atoms with Crippen molar-refractivity contribution in [2.24, 2.45) is 11.7 Å². The first-order chi connectivity index (χ1) is 8.75. The third-order valence-electron chi connectivity index (χ3n) is 3.36. The summed E-state index contributed by atoms with van der Waals surface area (Å²) in [6, 6.07) is 6.11. The molecular formula is C16H26N2O. The summed E-state index contributed by atoms with van der Waals surface area (Å²) in [7, 11) is 0. The van der Waals surface area contributed by atoms with E-state index in [-0.39, 0.29) is 11.3 Å². The number of nitrogens with two attached hydrogens (primary N) is 1. The Morgan fingerprint density at radius 3 is 2.53 bits per heavy atom. The van der Waals surface area contributed by atoms with Gasteiger partial charge in [-0.25, -0.2) is 0 Å². The predicted molar refractivity (Wildman–Crippen MR) is 80.4 cm³/mol. The minimum Gasteiger partial charge on any atom is -0.352 e. The van der Waals surface area contributed by atoms with E-state index in [9.17, 15) is 4.79 Å². The predicted octanol–water partition coefficient (Wildman–Crippen LogP) is 2.62. The number of carbonyl (C=O) groups is 1. The zero-order chi connectivity index (χ0) is 14.6. The van der Waals surface area contributed by atoms with Crippen LogP contribution < -0.4 is 11.1 Å². The van der Waals surface area contributed by atoms with Crippen molar-refractivity contribution < 1.29 is 4.79 Å². The van der Waals surface area contributed by atoms with Crippen molar-refractivity contribution in [2.45, 2.75) is 40.0 Å². The topological polar surface area (TPSA) is 55.1 Å². The smallest absolute Gasteiger partial charge is 0.251 e. The molecule has 1 unspecified atom stereocenters. The Morgan fingerprint density at radius 1 is 1.37 bits per heavy atom. The number of aryl methyl sites for hydroxylation is 1. The second-order valence-corrected chi connectivity index (χ2v) is 6.33. The van der Waals surface area contributed by atoms with Crippen LogP contribution in [0.3, 0.4) is 0 Å². The van der Waals surface area contributed by atoms with Gasteiger partial charge in [0.05, 0.1) is 0 Å². The fourth-order valence-electron chi connectivity index (χ4n) is 1.78. The maximum absolute atomic E-state index is 12.2. The summed E-state index contributed by atoms with van der Waals surface area (Å²) < 4.78 is 0. The van der Waals surface area contributed by atoms with E-state index in [0.717, 1.165) is 11.1 Å². The molecule has 0 saturated carbocycles. The lowest BCUT2D eigenvalue weighted by molar-refractivity contribution is 0.0948. The monoisotopic (exact) mass is 262 g/mol. The maximum Gasteiger partial charge on any atom is 0.251 e. The SMILES string of the molecule is Cc1ccc(C(C)(C)C)cc1C(=O)NCC(C)CN. The molecule has 0 aliphatic heterocycles. The number of hydrogen-bond donors (Lipinski definition) is 2. The zero-order valence-electron chi connectivity index (χ0n) is 12.7. The molecule has 1 amide bonds. The van der Waals surface area contributed by atoms with Gasteiger partial charge in [-0.1, -0.05) is 39.8 Å². The van der Waals surface area contributed by atoms with Gasteiger partial charge in [-0.3, -0.25) is 4.79 Å². The Hall–Kier alpha value is -1.35. The molecule has 0 bridgehead atoms. The lowest BCUT2D eigenvalue weighted by Gasteiger charge is -2.21. The van der Waals surface area contributed by atoms with Crippen LogP contribution >= 0.6 is 0 Å². The molecule has 0 radical (unpaired) electrons. The average molecular weight is 262 g/mol. The summed E-state index contributed by atoms with van der Waals surface area (Å²) in [4.78, 5) is 12.2. The zero-order valence-corrected chi connectivity index (χ0v) is 12.7. The van der Waals surface area contributed by atoms with Crippen molar-refractivity contribution in [2.75, 3.05) is 13.1 Å². The van der Waals surface area contributed by atoms with Crippen LogP contribution in [0.4, 0.5) is 0 Å². The molecule has 106 valence electrons. The van der Waals surface area contributed by atoms with Gasteiger partial charge in [-0.05, 0) is 42.0 Å². The van der Waals surface area contributed by atoms with Gasteiger partial charge in [0.25, 0.3) is 5.91 Å². The minimum absolute atomic E-state index is 0.0103. The number of hydrogen-bond acceptors (Lipinski definition) is 2. The first-order valence-electron chi connectivity index (χ1n) is 6.85. The van der Waals surface area contributed by atoms with E-state index >= 15 is 0 Å². The van der Waals surface area contributed by atoms with Gasteiger partial charge in [0.1, 0.15) is 0 Å². The van der Waals surface area contributed by atoms with Crippen LogP contribution in [-0.4, -0.2) is 19.0 Å². The highest BCUT2D eigenvalue weighted by atomic mass is 16.1. The van der Waals surface area contributed by atoms with Crippen molar-refractivity contribution in [3.63, 3.8) is 0 Å². The van der Waals surface area contributed by atoms with E-state index in [0.29, 0.717) is 19.0 Å². The number of rotatable bonds is 4. The van der Waals surface area contributed by atoms with E-state index in [1.807, 2.05) is 26.0 Å². The molecule has 0 aliphatic rings. The Bertz CT molecular complexity index is 447. The summed E-state index contributed by atoms with van der Waals surface area (Å²) in [6.45, 7) is 11.6. The molecule has 3 heteroatoms. The van der Waals surface area contributed by atoms with Crippen LogP contribution in [0.2, 0.25) is 0 Å². The fourth-order valence-corrected chi connectivity index (χ4v) is 1.78. The number of amides is 1. The molecule has 1 aromatic carbocycles. The number of nitrogens with one attached hydrogen (secondary N) is 1. The molecule has 3 N–H and O–H groups in total. The van der Waals surface area contributed by atoms with Crippen molar-refractivity contribution in [3.8, 4) is 0 Å². The van der Waals surface area contributed by atoms with Crippen LogP contribution in [0.1, 0.15) is 49.2 Å². The summed E-state index contributed by atoms with van der Waals surface area (Å²) in [5, 5.41) is 2.95. The van der Waals surface area contributed by atoms with Gasteiger partial charge < -0.3 is 11.1 Å². The van der Waals surface area contributed by atoms with Crippen LogP contribution in [0.5, 0.6) is 0 Å². The standard InChI is InChI=1S/C16H26N2O/c1-11(9-17)10-18-15(19)14-8-13(16(3,4)5)7-6-12(14)2/h6-8,11H,9-10,17H2,1-5H3,(H,18,19). The molecular weight excluding hydrogens is 236 g/mol. The second kappa shape index (κ2) is 6.20. The molecule has 3 nitrogen and oxygen atoms in total. The molecule has 0 fully saturated rings. The molecule has 19 heavy (non-hydrogen) atoms. The lowest BCUT2D eigenvalue weighted by atomic mass is 9.85. The first-order valence-corrected chi connectivity index (χ1v) is 6.85. The lowest BCUT2D eigenvalue weighted by Crippen LogP contribution is -2.31. The van der Waals surface area contributed by atoms with E-state index < -0.39 is 0 Å². The highest BCUT2D eigenvalue weighted by Gasteiger charge is 2.17. The van der Waals surface area contributed by atoms with Gasteiger partial charge in [-0.15, -0.1) is 0 Å². The van der Waals surface area contributed by atoms with Crippen molar-refractivity contribution >= 4 is 5.91 Å². The quantitative estimate of drug-likeness (QED) is 0.876. The summed E-state index contributed by atoms with van der Waals surface area (Å²) in [5.74, 6) is 0.291. The largest absolute Gasteiger partial charge is 0.352 e. The molecule has 1 atom stereocenters.